The molecule has 18 nitrogen and oxygen atoms in total. The van der Waals surface area contributed by atoms with Gasteiger partial charge in [0.15, 0.2) is 0 Å². The van der Waals surface area contributed by atoms with Crippen LogP contribution in [0.3, 0.4) is 0 Å². The molecule has 0 aromatic carbocycles. The van der Waals surface area contributed by atoms with Crippen LogP contribution in [0.25, 0.3) is 22.3 Å². The fraction of sp³-hybridized carbons (Fsp3) is 0.524. The Labute approximate surface area is 275 Å². The second-order valence-corrected chi connectivity index (χ2v) is 21.6. The molecule has 4 aromatic heterocycles. The molecule has 3 aliphatic rings. The Bertz CT molecular complexity index is 1950. The average Bonchev–Trinajstić information content (AvgIpc) is 3.72. The predicted molar refractivity (Wildman–Crippen MR) is 166 cm³/mol. The quantitative estimate of drug-likeness (QED) is 0.103. The van der Waals surface area contributed by atoms with E-state index < -0.39 is 92.8 Å². The normalized spacial score (nSPS) is 37.7. The Kier molecular flexibility index (Phi) is 8.61. The Balaban J connectivity index is 1.21. The van der Waals surface area contributed by atoms with Crippen molar-refractivity contribution in [2.75, 3.05) is 18.9 Å². The van der Waals surface area contributed by atoms with Crippen LogP contribution < -0.4 is 11.3 Å². The van der Waals surface area contributed by atoms with Gasteiger partial charge in [0.05, 0.1) is 0 Å². The molecule has 3 aliphatic heterocycles. The second-order valence-electron chi connectivity index (χ2n) is 10.3. The molecule has 24 heteroatoms. The number of nitrogens with zero attached hydrogens (tertiary/aromatic N) is 7. The minimum absolute atomic E-state index is 0.0973. The summed E-state index contributed by atoms with van der Waals surface area (Å²) in [6.45, 7) is -6.82. The van der Waals surface area contributed by atoms with Crippen LogP contribution in [0, 0.1) is 6.92 Å². The van der Waals surface area contributed by atoms with Crippen LogP contribution in [0.1, 0.15) is 15.7 Å². The molecule has 0 aliphatic carbocycles. The molecule has 242 valence electrons. The van der Waals surface area contributed by atoms with Gasteiger partial charge in [-0.3, -0.25) is 0 Å². The molecular formula is C21H25N9O9P2S2Se2. The monoisotopic (exact) mass is 833 g/mol. The number of nitrogen functional groups attached to an aromatic ring is 1. The minimum atomic E-state index is -4.02. The number of aliphatic hydroxyl groups is 2. The Morgan fingerprint density at radius 1 is 0.911 bits per heavy atom. The number of rotatable bonds is 2. The SMILES string of the molecule is Cc1nc2c(ncn2[C@@H]2[Se][C@@H]3COP(O)(=S)O[C@@H]4C(O)[C@H](n5cnc6c(N)ncnc65)[Se][C@@H]4COP(O)(=S)O[C@H]2C3O)c(=O)[nH]1. The standard InChI is InChI=1S/C21H25N9O9P2S2Se2/c1-7-27-18-11(19(33)28-7)26-6-30(18)21-15-12(31)8(44-21)2-36-40(34,42)38-14-9(3-37-41(35,43)39-15)45-20(13(14)32)29-5-25-10-16(22)23-4-24-17(10)29/h4-6,8-9,12-15,20-21,31-32H,2-3H2,1H3,(H,34,42)(H,35,43)(H2,22,23,24)(H,27,28,33)/t8-,9-,12?,13?,14+,15+,20-,21-,40?,41?/m1/s1. The van der Waals surface area contributed by atoms with Crippen molar-refractivity contribution in [3.05, 3.63) is 35.2 Å². The average molecular weight is 831 g/mol. The molecule has 10 atom stereocenters. The molecule has 0 spiro atoms. The van der Waals surface area contributed by atoms with Gasteiger partial charge in [-0.05, 0) is 0 Å². The van der Waals surface area contributed by atoms with Gasteiger partial charge in [-0.1, -0.05) is 0 Å². The molecule has 0 radical (unpaired) electrons. The first-order chi connectivity index (χ1) is 21.3. The third kappa shape index (κ3) is 5.99. The first-order valence-corrected chi connectivity index (χ1v) is 22.3. The van der Waals surface area contributed by atoms with Gasteiger partial charge in [0.25, 0.3) is 0 Å². The van der Waals surface area contributed by atoms with E-state index in [1.165, 1.54) is 19.0 Å². The van der Waals surface area contributed by atoms with Gasteiger partial charge in [-0.2, -0.15) is 0 Å². The van der Waals surface area contributed by atoms with Gasteiger partial charge in [0.1, 0.15) is 0 Å². The van der Waals surface area contributed by atoms with Crippen LogP contribution >= 0.6 is 13.4 Å². The van der Waals surface area contributed by atoms with Crippen LogP contribution in [-0.2, 0) is 41.7 Å². The molecule has 7 rings (SSSR count). The van der Waals surface area contributed by atoms with Crippen molar-refractivity contribution in [3.8, 4) is 0 Å². The van der Waals surface area contributed by atoms with Crippen LogP contribution in [0.2, 0.25) is 9.63 Å². The number of nitrogens with two attached hydrogens (primary N) is 1. The first kappa shape index (κ1) is 32.3. The fourth-order valence-electron chi connectivity index (χ4n) is 5.39. The van der Waals surface area contributed by atoms with Gasteiger partial charge < -0.3 is 0 Å². The summed E-state index contributed by atoms with van der Waals surface area (Å²) in [6.07, 6.45) is -0.414. The molecule has 7 heterocycles. The molecule has 4 unspecified atom stereocenters. The van der Waals surface area contributed by atoms with E-state index in [2.05, 4.69) is 29.9 Å². The number of hydrogen-bond acceptors (Lipinski definition) is 15. The van der Waals surface area contributed by atoms with Gasteiger partial charge >= 0.3 is 277 Å². The summed E-state index contributed by atoms with van der Waals surface area (Å²) in [4.78, 5) is 56.1. The Hall–Kier alpha value is -1.28. The zero-order chi connectivity index (χ0) is 31.8. The van der Waals surface area contributed by atoms with Crippen LogP contribution in [0.5, 0.6) is 0 Å². The van der Waals surface area contributed by atoms with Crippen molar-refractivity contribution in [3.63, 3.8) is 0 Å². The van der Waals surface area contributed by atoms with E-state index in [4.69, 9.17) is 47.4 Å². The zero-order valence-corrected chi connectivity index (χ0v) is 29.7. The van der Waals surface area contributed by atoms with Gasteiger partial charge in [-0.15, -0.1) is 0 Å². The Morgan fingerprint density at radius 2 is 1.53 bits per heavy atom. The van der Waals surface area contributed by atoms with E-state index in [-0.39, 0.29) is 30.2 Å². The van der Waals surface area contributed by atoms with E-state index in [1.54, 1.807) is 16.1 Å². The van der Waals surface area contributed by atoms with Crippen molar-refractivity contribution in [1.29, 1.82) is 0 Å². The zero-order valence-electron chi connectivity index (χ0n) is 22.8. The van der Waals surface area contributed by atoms with E-state index in [0.717, 1.165) is 0 Å². The van der Waals surface area contributed by atoms with Crippen molar-refractivity contribution >= 4 is 95.1 Å². The summed E-state index contributed by atoms with van der Waals surface area (Å²) in [5, 5.41) is 22.8. The fourth-order valence-corrected chi connectivity index (χ4v) is 15.3. The van der Waals surface area contributed by atoms with E-state index in [9.17, 15) is 24.8 Å². The number of fused-ring (bicyclic) bond motifs is 5. The van der Waals surface area contributed by atoms with Gasteiger partial charge in [0, 0.05) is 0 Å². The molecule has 0 amide bonds. The molecule has 4 aromatic rings. The van der Waals surface area contributed by atoms with Gasteiger partial charge in [0.2, 0.25) is 0 Å². The van der Waals surface area contributed by atoms with E-state index in [0.29, 0.717) is 17.0 Å². The van der Waals surface area contributed by atoms with Crippen LogP contribution in [0.15, 0.2) is 23.8 Å². The molecule has 0 saturated carbocycles. The molecule has 2 bridgehead atoms. The maximum atomic E-state index is 12.5. The summed E-state index contributed by atoms with van der Waals surface area (Å²) in [5.74, 6) is 0.540. The summed E-state index contributed by atoms with van der Waals surface area (Å²) < 4.78 is 26.7. The summed E-state index contributed by atoms with van der Waals surface area (Å²) in [5.41, 5.74) is 6.64. The van der Waals surface area contributed by atoms with Crippen molar-refractivity contribution in [2.24, 2.45) is 0 Å². The van der Waals surface area contributed by atoms with Crippen LogP contribution in [-0.4, -0.2) is 127 Å². The number of aromatic amines is 1. The summed E-state index contributed by atoms with van der Waals surface area (Å²) >= 11 is 9.70. The molecule has 45 heavy (non-hydrogen) atoms. The number of aliphatic hydroxyl groups excluding tert-OH is 2. The second kappa shape index (κ2) is 12.0. The number of imidazole rings is 2. The van der Waals surface area contributed by atoms with E-state index in [1.807, 2.05) is 0 Å². The van der Waals surface area contributed by atoms with Gasteiger partial charge in [-0.25, -0.2) is 0 Å². The topological polar surface area (TPSA) is 251 Å². The maximum absolute atomic E-state index is 12.5. The summed E-state index contributed by atoms with van der Waals surface area (Å²) in [6, 6.07) is 0. The molecule has 3 saturated heterocycles. The number of anilines is 1. The Morgan fingerprint density at radius 3 is 2.27 bits per heavy atom. The molecular weight excluding hydrogens is 806 g/mol. The van der Waals surface area contributed by atoms with E-state index >= 15 is 0 Å². The predicted octanol–water partition coefficient (Wildman–Crippen LogP) is -1.17. The third-order valence-corrected chi connectivity index (χ3v) is 17.0. The number of aromatic nitrogens is 8. The number of nitrogens with one attached hydrogen (secondary N) is 1. The summed E-state index contributed by atoms with van der Waals surface area (Å²) in [7, 11) is 0. The molecule has 3 fully saturated rings. The van der Waals surface area contributed by atoms with Crippen LogP contribution in [0.4, 0.5) is 5.82 Å². The number of aryl methyl sites for hydroxylation is 1. The third-order valence-electron chi connectivity index (χ3n) is 7.42. The molecule has 7 N–H and O–H groups in total. The number of hydrogen-bond donors (Lipinski definition) is 6. The first-order valence-electron chi connectivity index (χ1n) is 13.2. The van der Waals surface area contributed by atoms with Crippen molar-refractivity contribution in [2.45, 2.75) is 50.9 Å². The van der Waals surface area contributed by atoms with Crippen molar-refractivity contribution in [1.82, 2.24) is 39.0 Å². The number of H-pyrrole nitrogens is 1. The van der Waals surface area contributed by atoms with Crippen molar-refractivity contribution < 1.29 is 38.1 Å².